The smallest absolute Gasteiger partial charge is 0.336 e. The highest BCUT2D eigenvalue weighted by atomic mass is 16.5. The van der Waals surface area contributed by atoms with Crippen LogP contribution in [0, 0.1) is 5.92 Å². The van der Waals surface area contributed by atoms with Crippen molar-refractivity contribution in [2.24, 2.45) is 5.92 Å². The predicted molar refractivity (Wildman–Crippen MR) is 139 cm³/mol. The van der Waals surface area contributed by atoms with Crippen molar-refractivity contribution in [2.45, 2.75) is 89.9 Å². The number of aliphatic hydroxyl groups is 1. The fourth-order valence-corrected chi connectivity index (χ4v) is 5.20. The number of hydrogen-bond acceptors (Lipinski definition) is 3. The van der Waals surface area contributed by atoms with Crippen molar-refractivity contribution in [1.29, 1.82) is 0 Å². The summed E-state index contributed by atoms with van der Waals surface area (Å²) in [7, 11) is 0. The molecule has 1 saturated carbocycles. The average Bonchev–Trinajstić information content (AvgIpc) is 2.86. The van der Waals surface area contributed by atoms with Crippen LogP contribution < -0.4 is 4.74 Å². The number of ether oxygens (including phenoxy) is 1. The van der Waals surface area contributed by atoms with Gasteiger partial charge < -0.3 is 14.9 Å². The second-order valence-electron chi connectivity index (χ2n) is 9.83. The Kier molecular flexibility index (Phi) is 10.9. The highest BCUT2D eigenvalue weighted by Crippen LogP contribution is 2.38. The molecule has 4 heteroatoms. The molecular weight excluding hydrogens is 424 g/mol. The van der Waals surface area contributed by atoms with E-state index in [0.717, 1.165) is 37.2 Å². The molecule has 0 radical (unpaired) electrons. The fourth-order valence-electron chi connectivity index (χ4n) is 5.20. The van der Waals surface area contributed by atoms with Gasteiger partial charge in [-0.2, -0.15) is 0 Å². The van der Waals surface area contributed by atoms with E-state index < -0.39 is 5.97 Å². The average molecular weight is 467 g/mol. The summed E-state index contributed by atoms with van der Waals surface area (Å²) in [5.74, 6) is 1.30. The Labute approximate surface area is 205 Å². The van der Waals surface area contributed by atoms with Gasteiger partial charge in [-0.25, -0.2) is 4.79 Å². The summed E-state index contributed by atoms with van der Waals surface area (Å²) in [6, 6.07) is 13.8. The molecule has 0 saturated heterocycles. The van der Waals surface area contributed by atoms with Crippen LogP contribution in [-0.4, -0.2) is 29.4 Å². The SMILES string of the molecule is CCCCCC1CCC(c2ccc(-c3cc(OCCCCCCO)ccc3C(=O)O)cc2)CC1. The molecule has 34 heavy (non-hydrogen) atoms. The highest BCUT2D eigenvalue weighted by Gasteiger charge is 2.22. The number of benzene rings is 2. The quantitative estimate of drug-likeness (QED) is 0.278. The second-order valence-corrected chi connectivity index (χ2v) is 9.83. The molecule has 2 aromatic rings. The van der Waals surface area contributed by atoms with Crippen LogP contribution in [0.3, 0.4) is 0 Å². The Bertz CT molecular complexity index is 866. The minimum atomic E-state index is -0.920. The summed E-state index contributed by atoms with van der Waals surface area (Å²) in [5.41, 5.74) is 3.30. The van der Waals surface area contributed by atoms with Gasteiger partial charge in [-0.3, -0.25) is 0 Å². The summed E-state index contributed by atoms with van der Waals surface area (Å²) in [5, 5.41) is 18.6. The first kappa shape index (κ1) is 26.3. The molecule has 4 nitrogen and oxygen atoms in total. The zero-order valence-electron chi connectivity index (χ0n) is 20.8. The number of rotatable bonds is 14. The van der Waals surface area contributed by atoms with Gasteiger partial charge in [0.25, 0.3) is 0 Å². The zero-order valence-corrected chi connectivity index (χ0v) is 20.8. The molecule has 0 heterocycles. The van der Waals surface area contributed by atoms with Crippen molar-refractivity contribution in [3.05, 3.63) is 53.6 Å². The number of carbonyl (C=O) groups is 1. The van der Waals surface area contributed by atoms with E-state index in [-0.39, 0.29) is 6.61 Å². The molecule has 186 valence electrons. The Balaban J connectivity index is 1.61. The van der Waals surface area contributed by atoms with Crippen LogP contribution >= 0.6 is 0 Å². The highest BCUT2D eigenvalue weighted by molar-refractivity contribution is 5.96. The maximum absolute atomic E-state index is 11.8. The number of hydrogen-bond donors (Lipinski definition) is 2. The van der Waals surface area contributed by atoms with E-state index in [2.05, 4.69) is 31.2 Å². The molecule has 0 aliphatic heterocycles. The monoisotopic (exact) mass is 466 g/mol. The Morgan fingerprint density at radius 1 is 0.912 bits per heavy atom. The van der Waals surface area contributed by atoms with E-state index in [1.54, 1.807) is 12.1 Å². The molecule has 0 aromatic heterocycles. The van der Waals surface area contributed by atoms with Crippen molar-refractivity contribution in [3.8, 4) is 16.9 Å². The number of aliphatic hydroxyl groups excluding tert-OH is 1. The third kappa shape index (κ3) is 7.87. The molecule has 2 aromatic carbocycles. The first-order valence-corrected chi connectivity index (χ1v) is 13.3. The van der Waals surface area contributed by atoms with E-state index in [4.69, 9.17) is 9.84 Å². The third-order valence-electron chi connectivity index (χ3n) is 7.30. The Morgan fingerprint density at radius 2 is 1.65 bits per heavy atom. The molecule has 1 aliphatic carbocycles. The molecule has 1 fully saturated rings. The first-order valence-electron chi connectivity index (χ1n) is 13.3. The van der Waals surface area contributed by atoms with Gasteiger partial charge in [-0.15, -0.1) is 0 Å². The van der Waals surface area contributed by atoms with Gasteiger partial charge in [0.15, 0.2) is 0 Å². The maximum atomic E-state index is 11.8. The van der Waals surface area contributed by atoms with Crippen LogP contribution in [0.1, 0.15) is 106 Å². The van der Waals surface area contributed by atoms with Gasteiger partial charge in [-0.1, -0.05) is 63.3 Å². The molecular formula is C30H42O4. The predicted octanol–water partition coefficient (Wildman–Crippen LogP) is 7.84. The van der Waals surface area contributed by atoms with Crippen LogP contribution in [0.4, 0.5) is 0 Å². The second kappa shape index (κ2) is 14.2. The van der Waals surface area contributed by atoms with Gasteiger partial charge in [0.2, 0.25) is 0 Å². The topological polar surface area (TPSA) is 66.8 Å². The van der Waals surface area contributed by atoms with E-state index in [9.17, 15) is 9.90 Å². The van der Waals surface area contributed by atoms with Crippen LogP contribution in [0.5, 0.6) is 5.75 Å². The van der Waals surface area contributed by atoms with Gasteiger partial charge in [0, 0.05) is 6.61 Å². The largest absolute Gasteiger partial charge is 0.494 e. The van der Waals surface area contributed by atoms with Gasteiger partial charge in [-0.05, 0) is 91.7 Å². The molecule has 2 N–H and O–H groups in total. The lowest BCUT2D eigenvalue weighted by molar-refractivity contribution is 0.0697. The maximum Gasteiger partial charge on any atom is 0.336 e. The van der Waals surface area contributed by atoms with Crippen LogP contribution in [-0.2, 0) is 0 Å². The number of aromatic carboxylic acids is 1. The number of unbranched alkanes of at least 4 members (excludes halogenated alkanes) is 5. The third-order valence-corrected chi connectivity index (χ3v) is 7.30. The summed E-state index contributed by atoms with van der Waals surface area (Å²) in [4.78, 5) is 11.8. The van der Waals surface area contributed by atoms with E-state index in [1.807, 2.05) is 6.07 Å². The Morgan fingerprint density at radius 3 is 2.32 bits per heavy atom. The molecule has 0 amide bonds. The minimum absolute atomic E-state index is 0.236. The summed E-state index contributed by atoms with van der Waals surface area (Å²) in [6.07, 6.45) is 14.4. The lowest BCUT2D eigenvalue weighted by atomic mass is 9.77. The minimum Gasteiger partial charge on any atom is -0.494 e. The lowest BCUT2D eigenvalue weighted by Gasteiger charge is -2.29. The number of carboxylic acid groups (broad SMARTS) is 1. The van der Waals surface area contributed by atoms with E-state index in [0.29, 0.717) is 29.4 Å². The van der Waals surface area contributed by atoms with Crippen LogP contribution in [0.2, 0.25) is 0 Å². The molecule has 0 unspecified atom stereocenters. The molecule has 3 rings (SSSR count). The van der Waals surface area contributed by atoms with Crippen molar-refractivity contribution in [3.63, 3.8) is 0 Å². The fraction of sp³-hybridized carbons (Fsp3) is 0.567. The normalized spacial score (nSPS) is 18.1. The lowest BCUT2D eigenvalue weighted by Crippen LogP contribution is -2.13. The van der Waals surface area contributed by atoms with E-state index >= 15 is 0 Å². The van der Waals surface area contributed by atoms with E-state index in [1.165, 1.54) is 56.9 Å². The molecule has 0 bridgehead atoms. The van der Waals surface area contributed by atoms with Crippen LogP contribution in [0.15, 0.2) is 42.5 Å². The summed E-state index contributed by atoms with van der Waals surface area (Å²) >= 11 is 0. The molecule has 1 aliphatic rings. The molecule has 0 spiro atoms. The Hall–Kier alpha value is -2.33. The summed E-state index contributed by atoms with van der Waals surface area (Å²) < 4.78 is 5.89. The molecule has 0 atom stereocenters. The van der Waals surface area contributed by atoms with Gasteiger partial charge in [0.05, 0.1) is 12.2 Å². The standard InChI is InChI=1S/C30H42O4/c1-2-3-6-9-23-10-12-24(13-11-23)25-14-16-26(17-15-25)29-22-27(18-19-28(29)30(32)33)34-21-8-5-4-7-20-31/h14-19,22-24,31H,2-13,20-21H2,1H3,(H,32,33). The van der Waals surface area contributed by atoms with Gasteiger partial charge in [0.1, 0.15) is 5.75 Å². The van der Waals surface area contributed by atoms with Crippen molar-refractivity contribution in [1.82, 2.24) is 0 Å². The summed E-state index contributed by atoms with van der Waals surface area (Å²) in [6.45, 7) is 3.10. The zero-order chi connectivity index (χ0) is 24.2. The van der Waals surface area contributed by atoms with Crippen LogP contribution in [0.25, 0.3) is 11.1 Å². The van der Waals surface area contributed by atoms with Crippen molar-refractivity contribution >= 4 is 5.97 Å². The van der Waals surface area contributed by atoms with Gasteiger partial charge >= 0.3 is 5.97 Å². The number of carboxylic acids is 1. The first-order chi connectivity index (χ1) is 16.6. The van der Waals surface area contributed by atoms with Crippen molar-refractivity contribution in [2.75, 3.05) is 13.2 Å². The van der Waals surface area contributed by atoms with Crippen molar-refractivity contribution < 1.29 is 19.7 Å².